The molecule has 4 atom stereocenters. The van der Waals surface area contributed by atoms with Crippen molar-refractivity contribution in [2.45, 2.75) is 70.9 Å². The lowest BCUT2D eigenvalue weighted by atomic mass is 9.92. The van der Waals surface area contributed by atoms with Gasteiger partial charge in [-0.1, -0.05) is 36.8 Å². The summed E-state index contributed by atoms with van der Waals surface area (Å²) in [4.78, 5) is 2.41. The number of hydrogen-bond donors (Lipinski definition) is 1. The molecular weight excluding hydrogens is 509 g/mol. The van der Waals surface area contributed by atoms with Crippen molar-refractivity contribution >= 4 is 37.7 Å². The molecule has 0 radical (unpaired) electrons. The lowest BCUT2D eigenvalue weighted by Gasteiger charge is -2.45. The Labute approximate surface area is 216 Å². The average Bonchev–Trinajstić information content (AvgIpc) is 3.13. The van der Waals surface area contributed by atoms with E-state index in [1.165, 1.54) is 23.5 Å². The van der Waals surface area contributed by atoms with E-state index in [1.807, 2.05) is 31.2 Å². The van der Waals surface area contributed by atoms with E-state index in [1.54, 1.807) is 16.4 Å². The fourth-order valence-electron chi connectivity index (χ4n) is 5.33. The van der Waals surface area contributed by atoms with Crippen molar-refractivity contribution in [2.24, 2.45) is 0 Å². The molecule has 3 aromatic rings. The van der Waals surface area contributed by atoms with E-state index in [9.17, 15) is 21.9 Å². The van der Waals surface area contributed by atoms with E-state index in [2.05, 4.69) is 23.5 Å². The molecule has 4 unspecified atom stereocenters. The third-order valence-electron chi connectivity index (χ3n) is 6.92. The van der Waals surface area contributed by atoms with Gasteiger partial charge >= 0.3 is 6.36 Å². The minimum atomic E-state index is -4.74. The number of fused-ring (bicyclic) bond motifs is 1. The van der Waals surface area contributed by atoms with E-state index < -0.39 is 17.6 Å². The molecule has 0 amide bonds. The fraction of sp³-hybridized carbons (Fsp3) is 0.462. The summed E-state index contributed by atoms with van der Waals surface area (Å²) in [7, 11) is 0. The van der Waals surface area contributed by atoms with Gasteiger partial charge in [0, 0.05) is 22.8 Å². The number of hydrogen-bond acceptors (Lipinski definition) is 4. The molecule has 4 rings (SSSR count). The van der Waals surface area contributed by atoms with Gasteiger partial charge in [0.05, 0.1) is 6.54 Å². The number of nitrogens with zero attached hydrogens (tertiary/aromatic N) is 2. The predicted molar refractivity (Wildman–Crippen MR) is 140 cm³/mol. The Morgan fingerprint density at radius 1 is 1.14 bits per heavy atom. The van der Waals surface area contributed by atoms with E-state index in [-0.39, 0.29) is 23.9 Å². The molecule has 5 nitrogen and oxygen atoms in total. The van der Waals surface area contributed by atoms with Crippen LogP contribution in [0.4, 0.5) is 18.2 Å². The molecule has 0 bridgehead atoms. The number of benzene rings is 2. The van der Waals surface area contributed by atoms with Crippen LogP contribution < -0.4 is 9.04 Å². The number of ether oxygens (including phenoxy) is 1. The summed E-state index contributed by atoms with van der Waals surface area (Å²) in [6.07, 6.45) is -1.03. The van der Waals surface area contributed by atoms with Crippen LogP contribution in [0.2, 0.25) is 0 Å². The summed E-state index contributed by atoms with van der Waals surface area (Å²) in [6.45, 7) is 6.63. The molecule has 1 saturated heterocycles. The minimum Gasteiger partial charge on any atom is -0.406 e. The third kappa shape index (κ3) is 6.22. The smallest absolute Gasteiger partial charge is 0.406 e. The molecule has 196 valence electrons. The summed E-state index contributed by atoms with van der Waals surface area (Å²) in [6, 6.07) is 14.3. The van der Waals surface area contributed by atoms with Gasteiger partial charge in [-0.25, -0.2) is 4.21 Å². The average molecular weight is 541 g/mol. The molecule has 1 aliphatic heterocycles. The Morgan fingerprint density at radius 3 is 2.36 bits per heavy atom. The van der Waals surface area contributed by atoms with Crippen molar-refractivity contribution in [3.8, 4) is 5.75 Å². The largest absolute Gasteiger partial charge is 0.573 e. The van der Waals surface area contributed by atoms with Gasteiger partial charge in [-0.3, -0.25) is 13.8 Å². The van der Waals surface area contributed by atoms with E-state index >= 15 is 0 Å². The number of anilines is 1. The molecule has 2 aromatic carbocycles. The molecule has 1 fully saturated rings. The molecule has 0 aliphatic carbocycles. The number of thiophene rings is 1. The van der Waals surface area contributed by atoms with Crippen molar-refractivity contribution < 1.29 is 26.7 Å². The number of rotatable bonds is 8. The summed E-state index contributed by atoms with van der Waals surface area (Å²) in [5.74, 6) is -0.263. The molecular formula is C26H31F3N2O3S2. The number of aryl methyl sites for hydroxylation is 1. The fourth-order valence-corrected chi connectivity index (χ4v) is 7.34. The quantitative estimate of drug-likeness (QED) is 0.315. The van der Waals surface area contributed by atoms with E-state index in [4.69, 9.17) is 0 Å². The highest BCUT2D eigenvalue weighted by Crippen LogP contribution is 2.39. The molecule has 2 heterocycles. The van der Waals surface area contributed by atoms with E-state index in [0.717, 1.165) is 45.5 Å². The van der Waals surface area contributed by atoms with Crippen LogP contribution in [0.15, 0.2) is 48.5 Å². The first-order valence-corrected chi connectivity index (χ1v) is 13.9. The topological polar surface area (TPSA) is 53.0 Å². The van der Waals surface area contributed by atoms with Gasteiger partial charge in [0.25, 0.3) is 11.3 Å². The standard InChI is InChI=1S/C26H31F3N2O3S2/c1-17-7-6-8-18(2)31(17)21(15-20-11-13-22(14-12-20)34-26(27,28)29)16-30(36(32)33)25-19(3)23-9-4-5-10-24(23)35-25/h4-5,9-14,17-18,21H,6-8,15-16H2,1-3H3,(H,32,33). The number of halogens is 3. The van der Waals surface area contributed by atoms with Crippen molar-refractivity contribution in [3.05, 3.63) is 59.7 Å². The highest BCUT2D eigenvalue weighted by molar-refractivity contribution is 7.81. The molecule has 1 aromatic heterocycles. The SMILES string of the molecule is Cc1c(N(CC(Cc2ccc(OC(F)(F)F)cc2)N2C(C)CCCC2C)S(=O)O)sc2ccccc12. The maximum atomic E-state index is 12.6. The van der Waals surface area contributed by atoms with E-state index in [0.29, 0.717) is 13.0 Å². The van der Waals surface area contributed by atoms with Crippen molar-refractivity contribution in [1.29, 1.82) is 0 Å². The van der Waals surface area contributed by atoms with Crippen LogP contribution in [0.25, 0.3) is 10.1 Å². The normalized spacial score (nSPS) is 20.9. The van der Waals surface area contributed by atoms with Crippen molar-refractivity contribution in [1.82, 2.24) is 4.90 Å². The first kappa shape index (κ1) is 26.9. The second-order valence-corrected chi connectivity index (χ2v) is 11.4. The Balaban J connectivity index is 1.65. The number of piperidine rings is 1. The van der Waals surface area contributed by atoms with Gasteiger partial charge in [0.2, 0.25) is 0 Å². The van der Waals surface area contributed by atoms with Crippen LogP contribution in [0.5, 0.6) is 5.75 Å². The molecule has 1 aliphatic rings. The highest BCUT2D eigenvalue weighted by atomic mass is 32.2. The van der Waals surface area contributed by atoms with Gasteiger partial charge in [-0.2, -0.15) is 0 Å². The zero-order chi connectivity index (χ0) is 26.0. The molecule has 0 saturated carbocycles. The van der Waals surface area contributed by atoms with Gasteiger partial charge in [-0.05, 0) is 74.7 Å². The van der Waals surface area contributed by atoms with Crippen LogP contribution >= 0.6 is 11.3 Å². The highest BCUT2D eigenvalue weighted by Gasteiger charge is 2.34. The summed E-state index contributed by atoms with van der Waals surface area (Å²) in [5.41, 5.74) is 1.81. The van der Waals surface area contributed by atoms with Crippen LogP contribution in [-0.4, -0.2) is 44.7 Å². The van der Waals surface area contributed by atoms with Crippen LogP contribution in [0.1, 0.15) is 44.2 Å². The first-order chi connectivity index (χ1) is 17.0. The van der Waals surface area contributed by atoms with Crippen molar-refractivity contribution in [2.75, 3.05) is 10.8 Å². The Morgan fingerprint density at radius 2 is 1.78 bits per heavy atom. The summed E-state index contributed by atoms with van der Waals surface area (Å²) in [5, 5.41) is 1.82. The Kier molecular flexibility index (Phi) is 8.28. The Bertz CT molecular complexity index is 1190. The molecule has 1 N–H and O–H groups in total. The maximum absolute atomic E-state index is 12.6. The van der Waals surface area contributed by atoms with Crippen LogP contribution in [0, 0.1) is 6.92 Å². The Hall–Kier alpha value is -2.14. The van der Waals surface area contributed by atoms with Gasteiger partial charge in [-0.15, -0.1) is 24.5 Å². The van der Waals surface area contributed by atoms with Gasteiger partial charge < -0.3 is 4.74 Å². The second-order valence-electron chi connectivity index (χ2n) is 9.45. The lowest BCUT2D eigenvalue weighted by Crippen LogP contribution is -2.54. The number of alkyl halides is 3. The molecule has 10 heteroatoms. The zero-order valence-electron chi connectivity index (χ0n) is 20.5. The second kappa shape index (κ2) is 11.1. The van der Waals surface area contributed by atoms with Crippen molar-refractivity contribution in [3.63, 3.8) is 0 Å². The molecule has 0 spiro atoms. The predicted octanol–water partition coefficient (Wildman–Crippen LogP) is 6.93. The molecule has 36 heavy (non-hydrogen) atoms. The first-order valence-electron chi connectivity index (χ1n) is 12.0. The monoisotopic (exact) mass is 540 g/mol. The zero-order valence-corrected chi connectivity index (χ0v) is 22.1. The number of likely N-dealkylation sites (tertiary alicyclic amines) is 1. The van der Waals surface area contributed by atoms with Crippen LogP contribution in [0.3, 0.4) is 0 Å². The van der Waals surface area contributed by atoms with Gasteiger partial charge in [0.1, 0.15) is 10.8 Å². The van der Waals surface area contributed by atoms with Gasteiger partial charge in [0.15, 0.2) is 0 Å². The maximum Gasteiger partial charge on any atom is 0.573 e. The minimum absolute atomic E-state index is 0.120. The summed E-state index contributed by atoms with van der Waals surface area (Å²) >= 11 is -0.744. The van der Waals surface area contributed by atoms with Crippen LogP contribution in [-0.2, 0) is 17.7 Å². The lowest BCUT2D eigenvalue weighted by molar-refractivity contribution is -0.274. The third-order valence-corrected chi connectivity index (χ3v) is 9.04. The summed E-state index contributed by atoms with van der Waals surface area (Å²) < 4.78 is 67.4.